The SMILES string of the molecule is CCOc1cc(CNCCCOC)ccc1OC.Cl. The third-order valence-electron chi connectivity index (χ3n) is 2.56. The van der Waals surface area contributed by atoms with Crippen molar-refractivity contribution in [2.24, 2.45) is 0 Å². The van der Waals surface area contributed by atoms with Crippen LogP contribution < -0.4 is 14.8 Å². The van der Waals surface area contributed by atoms with Crippen molar-refractivity contribution < 1.29 is 14.2 Å². The first-order valence-electron chi connectivity index (χ1n) is 6.31. The van der Waals surface area contributed by atoms with E-state index in [0.29, 0.717) is 6.61 Å². The van der Waals surface area contributed by atoms with Crippen LogP contribution in [0.3, 0.4) is 0 Å². The molecule has 0 atom stereocenters. The third kappa shape index (κ3) is 6.66. The molecular weight excluding hydrogens is 266 g/mol. The molecule has 0 aliphatic carbocycles. The topological polar surface area (TPSA) is 39.7 Å². The summed E-state index contributed by atoms with van der Waals surface area (Å²) in [6.45, 7) is 5.17. The first-order chi connectivity index (χ1) is 8.81. The lowest BCUT2D eigenvalue weighted by atomic mass is 10.2. The fourth-order valence-corrected chi connectivity index (χ4v) is 1.67. The number of ether oxygens (including phenoxy) is 3. The summed E-state index contributed by atoms with van der Waals surface area (Å²) in [5.74, 6) is 1.58. The Balaban J connectivity index is 0.00000324. The smallest absolute Gasteiger partial charge is 0.161 e. The van der Waals surface area contributed by atoms with Gasteiger partial charge in [0.2, 0.25) is 0 Å². The van der Waals surface area contributed by atoms with Crippen molar-refractivity contribution in [2.75, 3.05) is 34.0 Å². The molecule has 1 N–H and O–H groups in total. The van der Waals surface area contributed by atoms with E-state index in [2.05, 4.69) is 5.32 Å². The summed E-state index contributed by atoms with van der Waals surface area (Å²) in [4.78, 5) is 0. The van der Waals surface area contributed by atoms with E-state index < -0.39 is 0 Å². The first-order valence-corrected chi connectivity index (χ1v) is 6.31. The van der Waals surface area contributed by atoms with Crippen LogP contribution in [0.25, 0.3) is 0 Å². The second-order valence-electron chi connectivity index (χ2n) is 3.94. The van der Waals surface area contributed by atoms with Gasteiger partial charge in [-0.2, -0.15) is 0 Å². The molecular formula is C14H24ClNO3. The molecule has 4 nitrogen and oxygen atoms in total. The van der Waals surface area contributed by atoms with Crippen LogP contribution >= 0.6 is 12.4 Å². The van der Waals surface area contributed by atoms with Gasteiger partial charge in [0.25, 0.3) is 0 Å². The lowest BCUT2D eigenvalue weighted by Gasteiger charge is -2.11. The molecule has 0 saturated heterocycles. The third-order valence-corrected chi connectivity index (χ3v) is 2.56. The van der Waals surface area contributed by atoms with Gasteiger partial charge in [-0.3, -0.25) is 0 Å². The molecule has 5 heteroatoms. The summed E-state index contributed by atoms with van der Waals surface area (Å²) < 4.78 is 15.8. The van der Waals surface area contributed by atoms with Gasteiger partial charge in [0.1, 0.15) is 0 Å². The predicted octanol–water partition coefficient (Wildman–Crippen LogP) is 2.64. The fourth-order valence-electron chi connectivity index (χ4n) is 1.67. The zero-order valence-corrected chi connectivity index (χ0v) is 12.7. The first kappa shape index (κ1) is 18.0. The highest BCUT2D eigenvalue weighted by molar-refractivity contribution is 5.85. The van der Waals surface area contributed by atoms with Gasteiger partial charge in [-0.15, -0.1) is 12.4 Å². The normalized spacial score (nSPS) is 9.84. The number of hydrogen-bond donors (Lipinski definition) is 1. The van der Waals surface area contributed by atoms with Crippen molar-refractivity contribution >= 4 is 12.4 Å². The standard InChI is InChI=1S/C14H23NO3.ClH/c1-4-18-14-10-12(6-7-13(14)17-3)11-15-8-5-9-16-2;/h6-7,10,15H,4-5,8-9,11H2,1-3H3;1H. The van der Waals surface area contributed by atoms with Crippen molar-refractivity contribution in [3.05, 3.63) is 23.8 Å². The summed E-state index contributed by atoms with van der Waals surface area (Å²) in [5, 5.41) is 3.37. The average molecular weight is 290 g/mol. The minimum atomic E-state index is 0. The van der Waals surface area contributed by atoms with Gasteiger partial charge in [-0.05, 0) is 37.6 Å². The molecule has 1 aromatic rings. The van der Waals surface area contributed by atoms with E-state index in [4.69, 9.17) is 14.2 Å². The molecule has 110 valence electrons. The maximum atomic E-state index is 5.54. The lowest BCUT2D eigenvalue weighted by molar-refractivity contribution is 0.194. The van der Waals surface area contributed by atoms with E-state index in [0.717, 1.165) is 37.6 Å². The number of nitrogens with one attached hydrogen (secondary N) is 1. The molecule has 0 spiro atoms. The van der Waals surface area contributed by atoms with Gasteiger partial charge in [-0.25, -0.2) is 0 Å². The molecule has 0 saturated carbocycles. The summed E-state index contributed by atoms with van der Waals surface area (Å²) in [6, 6.07) is 6.01. The number of benzene rings is 1. The molecule has 1 aromatic carbocycles. The van der Waals surface area contributed by atoms with E-state index in [1.807, 2.05) is 25.1 Å². The highest BCUT2D eigenvalue weighted by Gasteiger charge is 2.04. The van der Waals surface area contributed by atoms with Crippen molar-refractivity contribution in [3.8, 4) is 11.5 Å². The average Bonchev–Trinajstić information content (AvgIpc) is 2.39. The quantitative estimate of drug-likeness (QED) is 0.710. The van der Waals surface area contributed by atoms with Gasteiger partial charge in [0.15, 0.2) is 11.5 Å². The van der Waals surface area contributed by atoms with Gasteiger partial charge in [-0.1, -0.05) is 6.07 Å². The Hall–Kier alpha value is -0.970. The highest BCUT2D eigenvalue weighted by atomic mass is 35.5. The molecule has 0 radical (unpaired) electrons. The largest absolute Gasteiger partial charge is 0.493 e. The molecule has 0 aliphatic heterocycles. The van der Waals surface area contributed by atoms with Crippen LogP contribution in [-0.2, 0) is 11.3 Å². The molecule has 1 rings (SSSR count). The second-order valence-corrected chi connectivity index (χ2v) is 3.94. The maximum Gasteiger partial charge on any atom is 0.161 e. The number of halogens is 1. The fraction of sp³-hybridized carbons (Fsp3) is 0.571. The van der Waals surface area contributed by atoms with E-state index in [9.17, 15) is 0 Å². The van der Waals surface area contributed by atoms with E-state index in [1.54, 1.807) is 14.2 Å². The van der Waals surface area contributed by atoms with Crippen LogP contribution in [0, 0.1) is 0 Å². The van der Waals surface area contributed by atoms with Crippen LogP contribution in [-0.4, -0.2) is 34.0 Å². The van der Waals surface area contributed by atoms with Crippen LogP contribution in [0.15, 0.2) is 18.2 Å². The minimum absolute atomic E-state index is 0. The Morgan fingerprint density at radius 3 is 2.58 bits per heavy atom. The van der Waals surface area contributed by atoms with Gasteiger partial charge >= 0.3 is 0 Å². The lowest BCUT2D eigenvalue weighted by Crippen LogP contribution is -2.16. The summed E-state index contributed by atoms with van der Waals surface area (Å²) in [7, 11) is 3.37. The monoisotopic (exact) mass is 289 g/mol. The maximum absolute atomic E-state index is 5.54. The predicted molar refractivity (Wildman–Crippen MR) is 79.6 cm³/mol. The zero-order chi connectivity index (χ0) is 13.2. The molecule has 0 aliphatic rings. The van der Waals surface area contributed by atoms with E-state index in [1.165, 1.54) is 5.56 Å². The molecule has 19 heavy (non-hydrogen) atoms. The number of hydrogen-bond acceptors (Lipinski definition) is 4. The molecule has 0 amide bonds. The van der Waals surface area contributed by atoms with Crippen molar-refractivity contribution in [1.29, 1.82) is 0 Å². The highest BCUT2D eigenvalue weighted by Crippen LogP contribution is 2.27. The molecule has 0 unspecified atom stereocenters. The number of methoxy groups -OCH3 is 2. The van der Waals surface area contributed by atoms with Gasteiger partial charge in [0.05, 0.1) is 13.7 Å². The van der Waals surface area contributed by atoms with E-state index >= 15 is 0 Å². The van der Waals surface area contributed by atoms with Crippen molar-refractivity contribution in [2.45, 2.75) is 19.9 Å². The van der Waals surface area contributed by atoms with Crippen molar-refractivity contribution in [1.82, 2.24) is 5.32 Å². The Morgan fingerprint density at radius 1 is 1.16 bits per heavy atom. The Morgan fingerprint density at radius 2 is 1.95 bits per heavy atom. The zero-order valence-electron chi connectivity index (χ0n) is 11.9. The van der Waals surface area contributed by atoms with Gasteiger partial charge < -0.3 is 19.5 Å². The Kier molecular flexibility index (Phi) is 10.4. The van der Waals surface area contributed by atoms with Crippen LogP contribution in [0.2, 0.25) is 0 Å². The van der Waals surface area contributed by atoms with E-state index in [-0.39, 0.29) is 12.4 Å². The van der Waals surface area contributed by atoms with Crippen molar-refractivity contribution in [3.63, 3.8) is 0 Å². The Labute approximate surface area is 121 Å². The molecule has 0 bridgehead atoms. The van der Waals surface area contributed by atoms with Crippen LogP contribution in [0.1, 0.15) is 18.9 Å². The number of rotatable bonds is 9. The van der Waals surface area contributed by atoms with Crippen LogP contribution in [0.4, 0.5) is 0 Å². The molecule has 0 aromatic heterocycles. The minimum Gasteiger partial charge on any atom is -0.493 e. The van der Waals surface area contributed by atoms with Gasteiger partial charge in [0, 0.05) is 20.3 Å². The Bertz CT molecular complexity index is 347. The summed E-state index contributed by atoms with van der Waals surface area (Å²) in [5.41, 5.74) is 1.19. The summed E-state index contributed by atoms with van der Waals surface area (Å²) in [6.07, 6.45) is 1.02. The molecule has 0 fully saturated rings. The second kappa shape index (κ2) is 10.9. The van der Waals surface area contributed by atoms with Crippen LogP contribution in [0.5, 0.6) is 11.5 Å². The molecule has 0 heterocycles. The summed E-state index contributed by atoms with van der Waals surface area (Å²) >= 11 is 0.